The van der Waals surface area contributed by atoms with Crippen molar-refractivity contribution in [3.8, 4) is 0 Å². The summed E-state index contributed by atoms with van der Waals surface area (Å²) in [5.41, 5.74) is -0.690. The molecule has 2 atom stereocenters. The van der Waals surface area contributed by atoms with Crippen molar-refractivity contribution < 1.29 is 58.4 Å². The Hall–Kier alpha value is -3.13. The van der Waals surface area contributed by atoms with Gasteiger partial charge >= 0.3 is 23.9 Å². The van der Waals surface area contributed by atoms with E-state index in [2.05, 4.69) is 4.98 Å². The molecule has 2 unspecified atom stereocenters. The Kier molecular flexibility index (Phi) is 17.7. The fraction of sp³-hybridized carbons (Fsp3) is 0.710. The fourth-order valence-electron chi connectivity index (χ4n) is 3.85. The molecule has 250 valence electrons. The number of rotatable bonds is 18. The number of aromatic carboxylic acids is 1. The Morgan fingerprint density at radius 2 is 1.36 bits per heavy atom. The van der Waals surface area contributed by atoms with E-state index in [0.717, 1.165) is 19.3 Å². The van der Waals surface area contributed by atoms with Gasteiger partial charge < -0.3 is 19.7 Å². The van der Waals surface area contributed by atoms with Gasteiger partial charge in [-0.05, 0) is 71.4 Å². The third-order valence-corrected chi connectivity index (χ3v) is 7.66. The molecule has 1 fully saturated rings. The average molecular weight is 628 g/mol. The number of esters is 2. The summed E-state index contributed by atoms with van der Waals surface area (Å²) in [4.78, 5) is 69.2. The Morgan fingerprint density at radius 3 is 1.89 bits per heavy atom. The van der Waals surface area contributed by atoms with E-state index in [4.69, 9.17) is 39.2 Å². The number of hydrogen-bond acceptors (Lipinski definition) is 11. The predicted octanol–water partition coefficient (Wildman–Crippen LogP) is 5.01. The van der Waals surface area contributed by atoms with Crippen LogP contribution in [-0.2, 0) is 50.0 Å². The molecular formula is C31H49NO12. The number of nitrogens with zero attached hydrogens (tertiary/aromatic N) is 1. The number of carboxylic acids is 2. The lowest BCUT2D eigenvalue weighted by Crippen LogP contribution is -2.30. The summed E-state index contributed by atoms with van der Waals surface area (Å²) < 4.78 is 10.2. The van der Waals surface area contributed by atoms with Gasteiger partial charge in [-0.25, -0.2) is 24.3 Å². The number of pyridine rings is 1. The highest BCUT2D eigenvalue weighted by Gasteiger charge is 2.31. The molecule has 0 bridgehead atoms. The molecule has 0 aliphatic heterocycles. The standard InChI is InChI=1S/C16H28O6.C15H21NO6/c1-4-16(2,3)15(19)20-9-10-21-22-11-12-7-5-6-8-13(12)14(17)18;1-4-15(2,3)14(19)20-8-9-21-22-10-12-11(13(17)18)6-5-7-16-12/h12-13H,4-11H2,1-3H3,(H,17,18);5-7H,4,8-10H2,1-3H3,(H,17,18). The van der Waals surface area contributed by atoms with Crippen molar-refractivity contribution in [1.82, 2.24) is 4.98 Å². The van der Waals surface area contributed by atoms with Gasteiger partial charge in [0.05, 0.1) is 34.6 Å². The van der Waals surface area contributed by atoms with Gasteiger partial charge in [0.25, 0.3) is 0 Å². The first-order chi connectivity index (χ1) is 20.8. The SMILES string of the molecule is CCC(C)(C)C(=O)OCCOOCC1CCCCC1C(=O)O.CCC(C)(C)C(=O)OCCOOCc1ncccc1C(=O)O. The van der Waals surface area contributed by atoms with Gasteiger partial charge in [-0.1, -0.05) is 26.7 Å². The van der Waals surface area contributed by atoms with Crippen molar-refractivity contribution in [2.45, 2.75) is 86.7 Å². The van der Waals surface area contributed by atoms with Crippen LogP contribution < -0.4 is 0 Å². The number of carbonyl (C=O) groups excluding carboxylic acids is 2. The molecular weight excluding hydrogens is 578 g/mol. The summed E-state index contributed by atoms with van der Waals surface area (Å²) in [5, 5.41) is 18.1. The molecule has 0 saturated heterocycles. The van der Waals surface area contributed by atoms with Crippen molar-refractivity contribution in [2.24, 2.45) is 22.7 Å². The van der Waals surface area contributed by atoms with E-state index in [0.29, 0.717) is 19.3 Å². The van der Waals surface area contributed by atoms with Gasteiger partial charge in [0.15, 0.2) is 0 Å². The molecule has 0 radical (unpaired) electrons. The molecule has 1 aliphatic rings. The van der Waals surface area contributed by atoms with Crippen LogP contribution >= 0.6 is 0 Å². The minimum Gasteiger partial charge on any atom is -0.481 e. The molecule has 1 aromatic rings. The summed E-state index contributed by atoms with van der Waals surface area (Å²) in [7, 11) is 0. The van der Waals surface area contributed by atoms with Crippen molar-refractivity contribution >= 4 is 23.9 Å². The van der Waals surface area contributed by atoms with Crippen molar-refractivity contribution in [1.29, 1.82) is 0 Å². The second-order valence-electron chi connectivity index (χ2n) is 11.7. The fourth-order valence-corrected chi connectivity index (χ4v) is 3.85. The number of ether oxygens (including phenoxy) is 2. The number of aromatic nitrogens is 1. The molecule has 2 rings (SSSR count). The van der Waals surface area contributed by atoms with Gasteiger partial charge in [0, 0.05) is 6.20 Å². The maximum absolute atomic E-state index is 11.7. The predicted molar refractivity (Wildman–Crippen MR) is 157 cm³/mol. The van der Waals surface area contributed by atoms with Crippen LogP contribution in [0.15, 0.2) is 18.3 Å². The quantitative estimate of drug-likeness (QED) is 0.0961. The number of carbonyl (C=O) groups is 4. The Labute approximate surface area is 259 Å². The van der Waals surface area contributed by atoms with Crippen molar-refractivity contribution in [3.05, 3.63) is 29.6 Å². The van der Waals surface area contributed by atoms with Gasteiger partial charge in [-0.2, -0.15) is 0 Å². The highest BCUT2D eigenvalue weighted by atomic mass is 17.2. The van der Waals surface area contributed by atoms with Crippen LogP contribution in [0, 0.1) is 22.7 Å². The smallest absolute Gasteiger partial charge is 0.337 e. The van der Waals surface area contributed by atoms with Gasteiger partial charge in [0.1, 0.15) is 33.0 Å². The van der Waals surface area contributed by atoms with Crippen LogP contribution in [0.2, 0.25) is 0 Å². The molecule has 1 saturated carbocycles. The zero-order valence-electron chi connectivity index (χ0n) is 26.8. The van der Waals surface area contributed by atoms with E-state index in [1.165, 1.54) is 18.3 Å². The second kappa shape index (κ2) is 20.0. The van der Waals surface area contributed by atoms with Crippen LogP contribution in [0.3, 0.4) is 0 Å². The highest BCUT2D eigenvalue weighted by Crippen LogP contribution is 2.30. The summed E-state index contributed by atoms with van der Waals surface area (Å²) >= 11 is 0. The molecule has 1 heterocycles. The molecule has 0 spiro atoms. The van der Waals surface area contributed by atoms with Crippen LogP contribution in [0.4, 0.5) is 0 Å². The molecule has 1 aliphatic carbocycles. The lowest BCUT2D eigenvalue weighted by atomic mass is 9.80. The first-order valence-electron chi connectivity index (χ1n) is 15.0. The maximum atomic E-state index is 11.7. The zero-order chi connectivity index (χ0) is 33.2. The summed E-state index contributed by atoms with van der Waals surface area (Å²) in [6, 6.07) is 2.96. The van der Waals surface area contributed by atoms with E-state index in [1.807, 2.05) is 27.7 Å². The minimum atomic E-state index is -1.08. The Balaban J connectivity index is 0.000000440. The third kappa shape index (κ3) is 14.1. The molecule has 13 nitrogen and oxygen atoms in total. The topological polar surface area (TPSA) is 177 Å². The van der Waals surface area contributed by atoms with E-state index in [-0.39, 0.29) is 74.7 Å². The molecule has 13 heteroatoms. The molecule has 0 aromatic carbocycles. The minimum absolute atomic E-state index is 0.00664. The van der Waals surface area contributed by atoms with E-state index < -0.39 is 22.8 Å². The lowest BCUT2D eigenvalue weighted by Gasteiger charge is -2.27. The average Bonchev–Trinajstić information content (AvgIpc) is 3.00. The molecule has 44 heavy (non-hydrogen) atoms. The highest BCUT2D eigenvalue weighted by molar-refractivity contribution is 5.88. The third-order valence-electron chi connectivity index (χ3n) is 7.66. The van der Waals surface area contributed by atoms with Crippen LogP contribution in [0.25, 0.3) is 0 Å². The van der Waals surface area contributed by atoms with Crippen molar-refractivity contribution in [2.75, 3.05) is 33.0 Å². The van der Waals surface area contributed by atoms with E-state index in [1.54, 1.807) is 13.8 Å². The van der Waals surface area contributed by atoms with E-state index >= 15 is 0 Å². The normalized spacial score (nSPS) is 16.8. The van der Waals surface area contributed by atoms with Gasteiger partial charge in [-0.3, -0.25) is 19.4 Å². The largest absolute Gasteiger partial charge is 0.481 e. The van der Waals surface area contributed by atoms with Crippen molar-refractivity contribution in [3.63, 3.8) is 0 Å². The van der Waals surface area contributed by atoms with Gasteiger partial charge in [0.2, 0.25) is 0 Å². The molecule has 1 aromatic heterocycles. The second-order valence-corrected chi connectivity index (χ2v) is 11.7. The number of aliphatic carboxylic acids is 1. The lowest BCUT2D eigenvalue weighted by molar-refractivity contribution is -0.308. The Morgan fingerprint density at radius 1 is 0.818 bits per heavy atom. The molecule has 0 amide bonds. The monoisotopic (exact) mass is 627 g/mol. The van der Waals surface area contributed by atoms with Crippen LogP contribution in [-0.4, -0.2) is 72.1 Å². The number of hydrogen-bond donors (Lipinski definition) is 2. The Bertz CT molecular complexity index is 1040. The first kappa shape index (κ1) is 38.9. The number of carboxylic acid groups (broad SMARTS) is 2. The summed E-state index contributed by atoms with van der Waals surface area (Å²) in [6.45, 7) is 11.7. The molecule has 2 N–H and O–H groups in total. The zero-order valence-corrected chi connectivity index (χ0v) is 26.8. The van der Waals surface area contributed by atoms with E-state index in [9.17, 15) is 19.2 Å². The van der Waals surface area contributed by atoms with Crippen LogP contribution in [0.1, 0.15) is 96.1 Å². The van der Waals surface area contributed by atoms with Gasteiger partial charge in [-0.15, -0.1) is 0 Å². The maximum Gasteiger partial charge on any atom is 0.337 e. The summed E-state index contributed by atoms with van der Waals surface area (Å²) in [6.07, 6.45) is 6.40. The van der Waals surface area contributed by atoms with Crippen LogP contribution in [0.5, 0.6) is 0 Å². The first-order valence-corrected chi connectivity index (χ1v) is 15.0. The summed E-state index contributed by atoms with van der Waals surface area (Å²) in [5.74, 6) is -2.74.